The van der Waals surface area contributed by atoms with Crippen LogP contribution in [0.5, 0.6) is 0 Å². The van der Waals surface area contributed by atoms with Crippen LogP contribution >= 0.6 is 23.2 Å². The summed E-state index contributed by atoms with van der Waals surface area (Å²) in [5, 5.41) is 5.68. The van der Waals surface area contributed by atoms with Crippen molar-refractivity contribution in [2.24, 2.45) is 5.92 Å². The first kappa shape index (κ1) is 23.4. The summed E-state index contributed by atoms with van der Waals surface area (Å²) in [6.07, 6.45) is 1.97. The third-order valence-corrected chi connectivity index (χ3v) is 8.79. The van der Waals surface area contributed by atoms with Crippen LogP contribution in [0.15, 0.2) is 77.7 Å². The van der Waals surface area contributed by atoms with Crippen molar-refractivity contribution in [3.8, 4) is 0 Å². The van der Waals surface area contributed by atoms with Crippen LogP contribution < -0.4 is 5.32 Å². The second-order valence-electron chi connectivity index (χ2n) is 9.05. The molecular weight excluding hydrogens is 487 g/mol. The van der Waals surface area contributed by atoms with E-state index in [-0.39, 0.29) is 5.92 Å². The fourth-order valence-corrected chi connectivity index (χ4v) is 6.46. The smallest absolute Gasteiger partial charge is 0.268 e. The van der Waals surface area contributed by atoms with Gasteiger partial charge in [-0.2, -0.15) is 0 Å². The highest BCUT2D eigenvalue weighted by Crippen LogP contribution is 2.51. The van der Waals surface area contributed by atoms with Gasteiger partial charge >= 0.3 is 0 Å². The largest absolute Gasteiger partial charge is 0.313 e. The molecule has 1 heterocycles. The first-order chi connectivity index (χ1) is 16.3. The van der Waals surface area contributed by atoms with Gasteiger partial charge in [0.25, 0.3) is 10.0 Å². The number of rotatable bonds is 8. The minimum Gasteiger partial charge on any atom is -0.313 e. The summed E-state index contributed by atoms with van der Waals surface area (Å²) in [4.78, 5) is 0.300. The molecule has 4 nitrogen and oxygen atoms in total. The van der Waals surface area contributed by atoms with Crippen LogP contribution in [0, 0.1) is 12.8 Å². The number of hydrogen-bond acceptors (Lipinski definition) is 3. The van der Waals surface area contributed by atoms with Crippen molar-refractivity contribution >= 4 is 44.1 Å². The molecule has 0 amide bonds. The van der Waals surface area contributed by atoms with Crippen molar-refractivity contribution in [3.63, 3.8) is 0 Å². The lowest BCUT2D eigenvalue weighted by molar-refractivity contribution is 0.583. The summed E-state index contributed by atoms with van der Waals surface area (Å²) in [6.45, 7) is 3.61. The average Bonchev–Trinajstić information content (AvgIpc) is 3.48. The lowest BCUT2D eigenvalue weighted by Crippen LogP contribution is -2.17. The van der Waals surface area contributed by atoms with Crippen molar-refractivity contribution in [2.45, 2.75) is 37.1 Å². The average molecular weight is 513 g/mol. The molecule has 1 aromatic heterocycles. The van der Waals surface area contributed by atoms with Gasteiger partial charge in [0.05, 0.1) is 10.4 Å². The molecule has 0 radical (unpaired) electrons. The number of nitrogens with one attached hydrogen (secondary N) is 1. The molecule has 0 unspecified atom stereocenters. The maximum absolute atomic E-state index is 13.7. The van der Waals surface area contributed by atoms with Gasteiger partial charge in [0.1, 0.15) is 0 Å². The van der Waals surface area contributed by atoms with Gasteiger partial charge in [-0.15, -0.1) is 0 Å². The Morgan fingerprint density at radius 3 is 2.38 bits per heavy atom. The number of halogens is 2. The van der Waals surface area contributed by atoms with Crippen molar-refractivity contribution in [2.75, 3.05) is 6.54 Å². The highest BCUT2D eigenvalue weighted by molar-refractivity contribution is 7.90. The van der Waals surface area contributed by atoms with Crippen LogP contribution in [0.4, 0.5) is 0 Å². The zero-order valence-corrected chi connectivity index (χ0v) is 21.2. The Balaban J connectivity index is 1.36. The molecule has 0 aliphatic heterocycles. The molecular formula is C27H26Cl2N2O2S. The maximum Gasteiger partial charge on any atom is 0.268 e. The summed E-state index contributed by atoms with van der Waals surface area (Å²) in [7, 11) is -3.73. The zero-order chi connectivity index (χ0) is 23.9. The fraction of sp³-hybridized carbons (Fsp3) is 0.259. The lowest BCUT2D eigenvalue weighted by Gasteiger charge is -2.13. The van der Waals surface area contributed by atoms with Gasteiger partial charge in [0, 0.05) is 33.6 Å². The van der Waals surface area contributed by atoms with E-state index in [2.05, 4.69) is 5.32 Å². The summed E-state index contributed by atoms with van der Waals surface area (Å²) >= 11 is 12.2. The molecule has 1 aliphatic rings. The van der Waals surface area contributed by atoms with Crippen LogP contribution in [0.3, 0.4) is 0 Å². The third kappa shape index (κ3) is 4.76. The quantitative estimate of drug-likeness (QED) is 0.265. The Kier molecular flexibility index (Phi) is 6.47. The highest BCUT2D eigenvalue weighted by Gasteiger charge is 2.41. The van der Waals surface area contributed by atoms with Crippen LogP contribution in [0.25, 0.3) is 10.9 Å². The molecule has 2 atom stereocenters. The Morgan fingerprint density at radius 2 is 1.65 bits per heavy atom. The molecule has 0 bridgehead atoms. The van der Waals surface area contributed by atoms with E-state index in [9.17, 15) is 8.42 Å². The SMILES string of the molecule is Cc1ccc(S(=O)(=O)n2c([C@@H]3C[C@H]3CCNCc3ccc(Cl)cc3)cc3cc(Cl)ccc32)cc1. The Labute approximate surface area is 210 Å². The second kappa shape index (κ2) is 9.38. The van der Waals surface area contributed by atoms with E-state index in [1.54, 1.807) is 24.3 Å². The lowest BCUT2D eigenvalue weighted by atomic mass is 10.2. The molecule has 7 heteroatoms. The van der Waals surface area contributed by atoms with Gasteiger partial charge < -0.3 is 5.32 Å². The predicted molar refractivity (Wildman–Crippen MR) is 139 cm³/mol. The van der Waals surface area contributed by atoms with Crippen LogP contribution in [-0.4, -0.2) is 18.9 Å². The van der Waals surface area contributed by atoms with Gasteiger partial charge in [0.15, 0.2) is 0 Å². The van der Waals surface area contributed by atoms with E-state index in [0.29, 0.717) is 21.4 Å². The molecule has 4 aromatic rings. The number of aromatic nitrogens is 1. The summed E-state index contributed by atoms with van der Waals surface area (Å²) in [5.74, 6) is 0.660. The minimum absolute atomic E-state index is 0.212. The Hall–Kier alpha value is -2.31. The highest BCUT2D eigenvalue weighted by atomic mass is 35.5. The third-order valence-electron chi connectivity index (χ3n) is 6.54. The molecule has 5 rings (SSSR count). The normalized spacial score (nSPS) is 17.9. The summed E-state index contributed by atoms with van der Waals surface area (Å²) in [6, 6.07) is 22.3. The van der Waals surface area contributed by atoms with Crippen molar-refractivity contribution < 1.29 is 8.42 Å². The van der Waals surface area contributed by atoms with E-state index in [0.717, 1.165) is 47.6 Å². The minimum atomic E-state index is -3.73. The number of hydrogen-bond donors (Lipinski definition) is 1. The molecule has 1 saturated carbocycles. The van der Waals surface area contributed by atoms with Crippen LogP contribution in [0.1, 0.15) is 35.6 Å². The number of aryl methyl sites for hydroxylation is 1. The molecule has 176 valence electrons. The molecule has 0 spiro atoms. The van der Waals surface area contributed by atoms with Gasteiger partial charge in [-0.3, -0.25) is 0 Å². The fourth-order valence-electron chi connectivity index (χ4n) is 4.58. The number of benzene rings is 3. The first-order valence-corrected chi connectivity index (χ1v) is 13.6. The van der Waals surface area contributed by atoms with Gasteiger partial charge in [-0.25, -0.2) is 12.4 Å². The first-order valence-electron chi connectivity index (χ1n) is 11.4. The van der Waals surface area contributed by atoms with E-state index in [1.807, 2.05) is 55.5 Å². The maximum atomic E-state index is 13.7. The molecule has 0 saturated heterocycles. The van der Waals surface area contributed by atoms with Gasteiger partial charge in [-0.1, -0.05) is 53.0 Å². The molecule has 1 N–H and O–H groups in total. The van der Waals surface area contributed by atoms with Crippen molar-refractivity contribution in [3.05, 3.63) is 99.7 Å². The Morgan fingerprint density at radius 1 is 0.941 bits per heavy atom. The molecule has 1 aliphatic carbocycles. The van der Waals surface area contributed by atoms with Crippen LogP contribution in [-0.2, 0) is 16.6 Å². The van der Waals surface area contributed by atoms with Crippen LogP contribution in [0.2, 0.25) is 10.0 Å². The summed E-state index contributed by atoms with van der Waals surface area (Å²) in [5.41, 5.74) is 3.74. The molecule has 3 aromatic carbocycles. The predicted octanol–water partition coefficient (Wildman–Crippen LogP) is 6.78. The molecule has 1 fully saturated rings. The van der Waals surface area contributed by atoms with Crippen molar-refractivity contribution in [1.82, 2.24) is 9.29 Å². The van der Waals surface area contributed by atoms with E-state index in [4.69, 9.17) is 23.2 Å². The van der Waals surface area contributed by atoms with E-state index < -0.39 is 10.0 Å². The monoisotopic (exact) mass is 512 g/mol. The van der Waals surface area contributed by atoms with Gasteiger partial charge in [-0.05, 0) is 86.3 Å². The number of nitrogens with zero attached hydrogens (tertiary/aromatic N) is 1. The van der Waals surface area contributed by atoms with E-state index in [1.165, 1.54) is 9.54 Å². The topological polar surface area (TPSA) is 51.1 Å². The molecule has 34 heavy (non-hydrogen) atoms. The van der Waals surface area contributed by atoms with E-state index >= 15 is 0 Å². The Bertz CT molecular complexity index is 1430. The van der Waals surface area contributed by atoms with Crippen molar-refractivity contribution in [1.29, 1.82) is 0 Å². The zero-order valence-electron chi connectivity index (χ0n) is 18.8. The number of fused-ring (bicyclic) bond motifs is 1. The van der Waals surface area contributed by atoms with Gasteiger partial charge in [0.2, 0.25) is 0 Å². The summed E-state index contributed by atoms with van der Waals surface area (Å²) < 4.78 is 29.0. The standard InChI is InChI=1S/C27H26Cl2N2O2S/c1-18-2-9-24(10-3-18)34(32,33)31-26-11-8-23(29)14-21(26)16-27(31)25-15-20(25)12-13-30-17-19-4-6-22(28)7-5-19/h2-11,14,16,20,25,30H,12-13,15,17H2,1H3/t20-,25-/m1/s1. The second-order valence-corrected chi connectivity index (χ2v) is 11.7.